The quantitative estimate of drug-likeness (QED) is 0.346. The third-order valence-electron chi connectivity index (χ3n) is 5.43. The molecule has 2 atom stereocenters. The van der Waals surface area contributed by atoms with E-state index in [1.807, 2.05) is 18.2 Å². The van der Waals surface area contributed by atoms with Crippen molar-refractivity contribution >= 4 is 61.8 Å². The molecule has 4 rings (SSSR count). The number of hydrogen-bond donors (Lipinski definition) is 1. The molecule has 2 radical (unpaired) electrons. The van der Waals surface area contributed by atoms with Crippen molar-refractivity contribution in [2.45, 2.75) is 39.0 Å². The minimum atomic E-state index is -3.90. The van der Waals surface area contributed by atoms with Crippen LogP contribution in [0, 0.1) is 0 Å². The molecule has 146 valence electrons. The zero-order valence-electron chi connectivity index (χ0n) is 17.3. The summed E-state index contributed by atoms with van der Waals surface area (Å²) in [6.45, 7) is 8.50. The van der Waals surface area contributed by atoms with Gasteiger partial charge in [0.1, 0.15) is 5.75 Å². The number of fused-ring (bicyclic) bond motifs is 3. The molecule has 0 spiro atoms. The Morgan fingerprint density at radius 2 is 1.52 bits per heavy atom. The molecule has 0 aliphatic carbocycles. The molecule has 0 saturated carbocycles. The van der Waals surface area contributed by atoms with E-state index in [1.54, 1.807) is 12.1 Å². The first-order chi connectivity index (χ1) is 13.2. The van der Waals surface area contributed by atoms with E-state index >= 15 is 0 Å². The van der Waals surface area contributed by atoms with E-state index in [0.29, 0.717) is 11.1 Å². The van der Waals surface area contributed by atoms with Crippen LogP contribution in [0.15, 0.2) is 66.7 Å². The SMILES string of the molecule is CC(c1ccccc1)c1cc2c(c(C(C)(C)C)c1)OP(=O)(O)c1ccccc1-2.[Ba]. The van der Waals surface area contributed by atoms with Gasteiger partial charge in [0.25, 0.3) is 0 Å². The normalized spacial score (nSPS) is 18.7. The molecule has 1 aliphatic rings. The van der Waals surface area contributed by atoms with Gasteiger partial charge in [-0.05, 0) is 28.7 Å². The molecule has 5 heteroatoms. The van der Waals surface area contributed by atoms with Crippen LogP contribution in [-0.2, 0) is 9.98 Å². The molecule has 0 bridgehead atoms. The number of rotatable bonds is 2. The molecule has 2 unspecified atom stereocenters. The minimum absolute atomic E-state index is 0. The Morgan fingerprint density at radius 3 is 2.17 bits per heavy atom. The number of hydrogen-bond acceptors (Lipinski definition) is 2. The molecular weight excluding hydrogens is 505 g/mol. The van der Waals surface area contributed by atoms with E-state index < -0.39 is 7.60 Å². The fraction of sp³-hybridized carbons (Fsp3) is 0.250. The van der Waals surface area contributed by atoms with Crippen LogP contribution in [-0.4, -0.2) is 53.8 Å². The van der Waals surface area contributed by atoms with Gasteiger partial charge in [0, 0.05) is 71.5 Å². The van der Waals surface area contributed by atoms with E-state index in [1.165, 1.54) is 11.1 Å². The summed E-state index contributed by atoms with van der Waals surface area (Å²) in [7, 11) is -3.90. The van der Waals surface area contributed by atoms with Crippen LogP contribution < -0.4 is 9.83 Å². The number of benzene rings is 3. The molecule has 3 nitrogen and oxygen atoms in total. The maximum absolute atomic E-state index is 12.9. The molecule has 1 N–H and O–H groups in total. The smallest absolute Gasteiger partial charge is 0.408 e. The van der Waals surface area contributed by atoms with Gasteiger partial charge in [-0.25, -0.2) is 4.57 Å². The van der Waals surface area contributed by atoms with Crippen molar-refractivity contribution in [1.29, 1.82) is 0 Å². The standard InChI is InChI=1S/C24H25O3P.Ba/c1-16(17-10-6-5-7-11-17)18-14-20-19-12-8-9-13-22(19)28(25,26)27-23(20)21(15-18)24(2,3)4;/h5-16H,1-4H3,(H,25,26);. The minimum Gasteiger partial charge on any atom is -0.420 e. The Bertz CT molecular complexity index is 1090. The van der Waals surface area contributed by atoms with Crippen LogP contribution >= 0.6 is 7.60 Å². The summed E-state index contributed by atoms with van der Waals surface area (Å²) >= 11 is 0. The van der Waals surface area contributed by atoms with Crippen molar-refractivity contribution in [3.05, 3.63) is 83.4 Å². The summed E-state index contributed by atoms with van der Waals surface area (Å²) in [6, 6.07) is 21.9. The second-order valence-corrected chi connectivity index (χ2v) is 10.2. The maximum atomic E-state index is 12.9. The predicted molar refractivity (Wildman–Crippen MR) is 120 cm³/mol. The first-order valence-electron chi connectivity index (χ1n) is 9.54. The first-order valence-corrected chi connectivity index (χ1v) is 11.1. The zero-order chi connectivity index (χ0) is 20.1. The molecule has 3 aromatic rings. The molecule has 1 aliphatic heterocycles. The van der Waals surface area contributed by atoms with E-state index in [9.17, 15) is 9.46 Å². The van der Waals surface area contributed by atoms with Crippen molar-refractivity contribution in [3.63, 3.8) is 0 Å². The first kappa shape index (κ1) is 22.9. The van der Waals surface area contributed by atoms with Gasteiger partial charge in [0.15, 0.2) is 0 Å². The topological polar surface area (TPSA) is 46.5 Å². The Labute approximate surface area is 213 Å². The van der Waals surface area contributed by atoms with E-state index in [2.05, 4.69) is 64.1 Å². The summed E-state index contributed by atoms with van der Waals surface area (Å²) in [6.07, 6.45) is 0. The molecule has 29 heavy (non-hydrogen) atoms. The molecular formula is C24H25BaO3P. The molecule has 1 heterocycles. The van der Waals surface area contributed by atoms with Crippen molar-refractivity contribution < 1.29 is 14.0 Å². The fourth-order valence-corrected chi connectivity index (χ4v) is 5.13. The Balaban J connectivity index is 0.00000240. The van der Waals surface area contributed by atoms with Gasteiger partial charge in [0.2, 0.25) is 0 Å². The summed E-state index contributed by atoms with van der Waals surface area (Å²) in [4.78, 5) is 10.6. The second kappa shape index (κ2) is 8.39. The van der Waals surface area contributed by atoms with Crippen molar-refractivity contribution in [2.75, 3.05) is 0 Å². The summed E-state index contributed by atoms with van der Waals surface area (Å²) < 4.78 is 18.6. The maximum Gasteiger partial charge on any atom is 0.408 e. The monoisotopic (exact) mass is 530 g/mol. The van der Waals surface area contributed by atoms with Crippen LogP contribution in [0.25, 0.3) is 11.1 Å². The van der Waals surface area contributed by atoms with Crippen molar-refractivity contribution in [1.82, 2.24) is 0 Å². The fourth-order valence-electron chi connectivity index (χ4n) is 3.81. The van der Waals surface area contributed by atoms with Crippen LogP contribution in [0.2, 0.25) is 0 Å². The molecule has 0 aromatic heterocycles. The van der Waals surface area contributed by atoms with Gasteiger partial charge in [-0.3, -0.25) is 0 Å². The molecule has 0 fully saturated rings. The molecule has 3 aromatic carbocycles. The van der Waals surface area contributed by atoms with E-state index in [0.717, 1.165) is 16.7 Å². The van der Waals surface area contributed by atoms with Gasteiger partial charge in [-0.1, -0.05) is 82.3 Å². The summed E-state index contributed by atoms with van der Waals surface area (Å²) in [5, 5.41) is 0.367. The Kier molecular flexibility index (Phi) is 6.63. The van der Waals surface area contributed by atoms with Gasteiger partial charge in [-0.2, -0.15) is 0 Å². The van der Waals surface area contributed by atoms with E-state index in [4.69, 9.17) is 4.52 Å². The predicted octanol–water partition coefficient (Wildman–Crippen LogP) is 5.63. The van der Waals surface area contributed by atoms with Crippen molar-refractivity contribution in [2.24, 2.45) is 0 Å². The Morgan fingerprint density at radius 1 is 0.897 bits per heavy atom. The summed E-state index contributed by atoms with van der Waals surface area (Å²) in [5.41, 5.74) is 4.79. The van der Waals surface area contributed by atoms with Crippen LogP contribution in [0.4, 0.5) is 0 Å². The Hall–Kier alpha value is -0.779. The van der Waals surface area contributed by atoms with Crippen molar-refractivity contribution in [3.8, 4) is 16.9 Å². The average molecular weight is 530 g/mol. The largest absolute Gasteiger partial charge is 0.420 e. The van der Waals surface area contributed by atoms with Crippen LogP contribution in [0.1, 0.15) is 50.3 Å². The van der Waals surface area contributed by atoms with Gasteiger partial charge in [0.05, 0.1) is 5.30 Å². The van der Waals surface area contributed by atoms with E-state index in [-0.39, 0.29) is 60.2 Å². The second-order valence-electron chi connectivity index (χ2n) is 8.46. The average Bonchev–Trinajstić information content (AvgIpc) is 2.66. The third-order valence-corrected chi connectivity index (χ3v) is 6.86. The molecule has 0 saturated heterocycles. The zero-order valence-corrected chi connectivity index (χ0v) is 22.7. The van der Waals surface area contributed by atoms with Crippen LogP contribution in [0.5, 0.6) is 5.75 Å². The van der Waals surface area contributed by atoms with Gasteiger partial charge >= 0.3 is 7.60 Å². The summed E-state index contributed by atoms with van der Waals surface area (Å²) in [5.74, 6) is 0.726. The van der Waals surface area contributed by atoms with Gasteiger partial charge < -0.3 is 9.42 Å². The van der Waals surface area contributed by atoms with Crippen LogP contribution in [0.3, 0.4) is 0 Å². The van der Waals surface area contributed by atoms with Gasteiger partial charge in [-0.15, -0.1) is 0 Å². The molecule has 0 amide bonds. The third kappa shape index (κ3) is 4.33.